The minimum atomic E-state index is -0.112. The summed E-state index contributed by atoms with van der Waals surface area (Å²) in [5, 5.41) is 0. The fraction of sp³-hybridized carbons (Fsp3) is 0.308. The van der Waals surface area contributed by atoms with Gasteiger partial charge in [-0.05, 0) is 31.2 Å². The molecule has 0 aromatic carbocycles. The monoisotopic (exact) mass is 275 g/mol. The Balaban J connectivity index is 2.01. The zero-order chi connectivity index (χ0) is 13.7. The molecule has 1 atom stereocenters. The fourth-order valence-corrected chi connectivity index (χ4v) is 2.32. The van der Waals surface area contributed by atoms with Crippen molar-refractivity contribution in [1.29, 1.82) is 0 Å². The molecule has 0 amide bonds. The molecular formula is C13H17N5S. The van der Waals surface area contributed by atoms with Crippen molar-refractivity contribution in [2.75, 3.05) is 13.6 Å². The number of likely N-dealkylation sites (N-methyl/N-ethyl adjacent to an activating group) is 1. The number of aromatic nitrogens is 3. The summed E-state index contributed by atoms with van der Waals surface area (Å²) in [6, 6.07) is 3.92. The minimum absolute atomic E-state index is 0.112. The molecule has 0 radical (unpaired) electrons. The lowest BCUT2D eigenvalue weighted by atomic mass is 10.1. The third-order valence-corrected chi connectivity index (χ3v) is 3.25. The van der Waals surface area contributed by atoms with Gasteiger partial charge in [0.05, 0.1) is 17.0 Å². The van der Waals surface area contributed by atoms with E-state index in [1.807, 2.05) is 19.2 Å². The summed E-state index contributed by atoms with van der Waals surface area (Å²) in [6.45, 7) is 0.852. The molecule has 2 heterocycles. The average Bonchev–Trinajstić information content (AvgIpc) is 2.91. The van der Waals surface area contributed by atoms with Gasteiger partial charge in [0.15, 0.2) is 0 Å². The van der Waals surface area contributed by atoms with Gasteiger partial charge in [-0.1, -0.05) is 12.2 Å². The van der Waals surface area contributed by atoms with Crippen LogP contribution in [-0.4, -0.2) is 38.4 Å². The number of hydrogen-bond acceptors (Lipinski definition) is 4. The smallest absolute Gasteiger partial charge is 0.102 e. The molecule has 2 aromatic heterocycles. The molecule has 6 heteroatoms. The van der Waals surface area contributed by atoms with Crippen molar-refractivity contribution in [3.8, 4) is 0 Å². The summed E-state index contributed by atoms with van der Waals surface area (Å²) in [4.78, 5) is 13.7. The van der Waals surface area contributed by atoms with Gasteiger partial charge >= 0.3 is 0 Å². The number of H-pyrrole nitrogens is 1. The number of thiocarbonyl (C=S) groups is 1. The summed E-state index contributed by atoms with van der Waals surface area (Å²) in [6.07, 6.45) is 7.92. The summed E-state index contributed by atoms with van der Waals surface area (Å²) >= 11 is 5.15. The third kappa shape index (κ3) is 3.59. The Labute approximate surface area is 117 Å². The molecule has 19 heavy (non-hydrogen) atoms. The second-order valence-corrected chi connectivity index (χ2v) is 4.87. The molecule has 0 saturated heterocycles. The second kappa shape index (κ2) is 6.40. The molecule has 0 saturated carbocycles. The van der Waals surface area contributed by atoms with Gasteiger partial charge in [-0.25, -0.2) is 4.98 Å². The van der Waals surface area contributed by atoms with Gasteiger partial charge in [0, 0.05) is 25.1 Å². The number of rotatable bonds is 6. The maximum Gasteiger partial charge on any atom is 0.102 e. The molecule has 2 aromatic rings. The Morgan fingerprint density at radius 3 is 2.74 bits per heavy atom. The van der Waals surface area contributed by atoms with E-state index in [2.05, 4.69) is 19.9 Å². The highest BCUT2D eigenvalue weighted by Gasteiger charge is 2.20. The lowest BCUT2D eigenvalue weighted by molar-refractivity contribution is 0.302. The number of nitrogens with zero attached hydrogens (tertiary/aromatic N) is 3. The lowest BCUT2D eigenvalue weighted by Crippen LogP contribution is -2.35. The van der Waals surface area contributed by atoms with Gasteiger partial charge in [-0.2, -0.15) is 0 Å². The molecule has 0 aliphatic heterocycles. The van der Waals surface area contributed by atoms with Crippen molar-refractivity contribution >= 4 is 17.2 Å². The van der Waals surface area contributed by atoms with Gasteiger partial charge < -0.3 is 10.7 Å². The van der Waals surface area contributed by atoms with Crippen LogP contribution in [0.5, 0.6) is 0 Å². The Morgan fingerprint density at radius 1 is 1.42 bits per heavy atom. The first-order valence-electron chi connectivity index (χ1n) is 6.05. The SMILES string of the molecule is CN(CCc1ccncc1)C(C(N)=S)c1cnc[nH]1. The molecule has 0 spiro atoms. The van der Waals surface area contributed by atoms with Crippen LogP contribution in [0.3, 0.4) is 0 Å². The second-order valence-electron chi connectivity index (χ2n) is 4.40. The van der Waals surface area contributed by atoms with Crippen molar-refractivity contribution in [1.82, 2.24) is 19.9 Å². The van der Waals surface area contributed by atoms with E-state index in [9.17, 15) is 0 Å². The molecule has 100 valence electrons. The van der Waals surface area contributed by atoms with Crippen LogP contribution in [-0.2, 0) is 6.42 Å². The van der Waals surface area contributed by atoms with Gasteiger partial charge in [0.2, 0.25) is 0 Å². The minimum Gasteiger partial charge on any atom is -0.392 e. The van der Waals surface area contributed by atoms with Gasteiger partial charge in [0.1, 0.15) is 6.04 Å². The van der Waals surface area contributed by atoms with E-state index in [4.69, 9.17) is 18.0 Å². The number of nitrogens with two attached hydrogens (primary N) is 1. The number of pyridine rings is 1. The highest BCUT2D eigenvalue weighted by atomic mass is 32.1. The van der Waals surface area contributed by atoms with Crippen LogP contribution in [0.4, 0.5) is 0 Å². The molecule has 0 aliphatic carbocycles. The Morgan fingerprint density at radius 2 is 2.16 bits per heavy atom. The standard InChI is InChI=1S/C13H17N5S/c1-18(7-4-10-2-5-15-6-3-10)12(13(14)19)11-8-16-9-17-11/h2-3,5-6,8-9,12H,4,7H2,1H3,(H2,14,19)(H,16,17). The topological polar surface area (TPSA) is 70.8 Å². The van der Waals surface area contributed by atoms with E-state index in [-0.39, 0.29) is 6.04 Å². The number of aromatic amines is 1. The molecule has 5 nitrogen and oxygen atoms in total. The predicted molar refractivity (Wildman–Crippen MR) is 78.7 cm³/mol. The van der Waals surface area contributed by atoms with Crippen molar-refractivity contribution in [2.45, 2.75) is 12.5 Å². The molecule has 2 rings (SSSR count). The summed E-state index contributed by atoms with van der Waals surface area (Å²) in [5.41, 5.74) is 7.99. The molecule has 3 N–H and O–H groups in total. The number of hydrogen-bond donors (Lipinski definition) is 2. The van der Waals surface area contributed by atoms with Crippen molar-refractivity contribution in [3.63, 3.8) is 0 Å². The van der Waals surface area contributed by atoms with Crippen LogP contribution in [0.15, 0.2) is 37.1 Å². The van der Waals surface area contributed by atoms with E-state index in [1.165, 1.54) is 5.56 Å². The van der Waals surface area contributed by atoms with Crippen LogP contribution in [0.25, 0.3) is 0 Å². The highest BCUT2D eigenvalue weighted by molar-refractivity contribution is 7.80. The summed E-state index contributed by atoms with van der Waals surface area (Å²) in [5.74, 6) is 0. The maximum atomic E-state index is 5.83. The normalized spacial score (nSPS) is 12.5. The third-order valence-electron chi connectivity index (χ3n) is 3.03. The van der Waals surface area contributed by atoms with Gasteiger partial charge in [0.25, 0.3) is 0 Å². The molecule has 1 unspecified atom stereocenters. The first kappa shape index (κ1) is 13.6. The van der Waals surface area contributed by atoms with Crippen LogP contribution in [0, 0.1) is 0 Å². The molecule has 0 aliphatic rings. The first-order chi connectivity index (χ1) is 9.18. The maximum absolute atomic E-state index is 5.83. The molecule has 0 fully saturated rings. The molecule has 0 bridgehead atoms. The first-order valence-corrected chi connectivity index (χ1v) is 6.46. The Bertz CT molecular complexity index is 511. The quantitative estimate of drug-likeness (QED) is 0.778. The summed E-state index contributed by atoms with van der Waals surface area (Å²) < 4.78 is 0. The zero-order valence-corrected chi connectivity index (χ0v) is 11.6. The Hall–Kier alpha value is -1.79. The van der Waals surface area contributed by atoms with Crippen molar-refractivity contribution in [2.24, 2.45) is 5.73 Å². The lowest BCUT2D eigenvalue weighted by Gasteiger charge is -2.26. The van der Waals surface area contributed by atoms with Crippen LogP contribution in [0.1, 0.15) is 17.3 Å². The van der Waals surface area contributed by atoms with E-state index < -0.39 is 0 Å². The number of imidazole rings is 1. The van der Waals surface area contributed by atoms with Crippen LogP contribution < -0.4 is 5.73 Å². The zero-order valence-electron chi connectivity index (χ0n) is 10.8. The van der Waals surface area contributed by atoms with E-state index in [1.54, 1.807) is 24.9 Å². The van der Waals surface area contributed by atoms with Crippen molar-refractivity contribution < 1.29 is 0 Å². The predicted octanol–water partition coefficient (Wildman–Crippen LogP) is 1.31. The van der Waals surface area contributed by atoms with Crippen LogP contribution in [0.2, 0.25) is 0 Å². The van der Waals surface area contributed by atoms with E-state index in [0.29, 0.717) is 4.99 Å². The number of nitrogens with one attached hydrogen (secondary N) is 1. The van der Waals surface area contributed by atoms with E-state index >= 15 is 0 Å². The summed E-state index contributed by atoms with van der Waals surface area (Å²) in [7, 11) is 2.01. The fourth-order valence-electron chi connectivity index (χ4n) is 2.01. The van der Waals surface area contributed by atoms with Crippen molar-refractivity contribution in [3.05, 3.63) is 48.3 Å². The van der Waals surface area contributed by atoms with Gasteiger partial charge in [-0.15, -0.1) is 0 Å². The van der Waals surface area contributed by atoms with E-state index in [0.717, 1.165) is 18.7 Å². The highest BCUT2D eigenvalue weighted by Crippen LogP contribution is 2.17. The average molecular weight is 275 g/mol. The largest absolute Gasteiger partial charge is 0.392 e. The Kier molecular flexibility index (Phi) is 4.59. The molecular weight excluding hydrogens is 258 g/mol. The van der Waals surface area contributed by atoms with Crippen LogP contribution >= 0.6 is 12.2 Å². The van der Waals surface area contributed by atoms with Gasteiger partial charge in [-0.3, -0.25) is 9.88 Å².